The number of hydrogen-bond donors (Lipinski definition) is 1. The summed E-state index contributed by atoms with van der Waals surface area (Å²) >= 11 is 0. The first-order valence-corrected chi connectivity index (χ1v) is 11.9. The molecule has 4 aliphatic rings. The maximum Gasteiger partial charge on any atom is 0.257 e. The molecule has 0 aromatic carbocycles. The number of β-amino-alcohol motifs (C(OH)–C–C–N with tert-alkyl or cyclic N) is 1. The summed E-state index contributed by atoms with van der Waals surface area (Å²) in [5.41, 5.74) is 3.31. The quantitative estimate of drug-likeness (QED) is 0.745. The third-order valence-electron chi connectivity index (χ3n) is 7.18. The minimum Gasteiger partial charge on any atom is -0.481 e. The molecule has 0 saturated carbocycles. The SMILES string of the molecule is C=Cc1cnc(OC)c(C2CCCN2C2=NC3=C(C(=O)N4CC(O)C4)C=NCC3C(C)C=C2)c1. The van der Waals surface area contributed by atoms with E-state index in [0.717, 1.165) is 42.0 Å². The normalized spacial score (nSPS) is 26.7. The zero-order valence-electron chi connectivity index (χ0n) is 19.7. The van der Waals surface area contributed by atoms with Crippen LogP contribution in [0.15, 0.2) is 52.2 Å². The Balaban J connectivity index is 1.55. The maximum absolute atomic E-state index is 13.2. The van der Waals surface area contributed by atoms with Crippen LogP contribution in [0.3, 0.4) is 0 Å². The Hall–Kier alpha value is -3.26. The van der Waals surface area contributed by atoms with Crippen LogP contribution >= 0.6 is 0 Å². The Morgan fingerprint density at radius 3 is 2.91 bits per heavy atom. The summed E-state index contributed by atoms with van der Waals surface area (Å²) in [5, 5.41) is 9.68. The number of pyridine rings is 1. The first kappa shape index (κ1) is 22.5. The maximum atomic E-state index is 13.2. The molecule has 178 valence electrons. The molecule has 3 atom stereocenters. The van der Waals surface area contributed by atoms with Gasteiger partial charge in [-0.2, -0.15) is 0 Å². The topological polar surface area (TPSA) is 90.6 Å². The predicted molar refractivity (Wildman–Crippen MR) is 132 cm³/mol. The lowest BCUT2D eigenvalue weighted by atomic mass is 9.87. The van der Waals surface area contributed by atoms with Gasteiger partial charge in [0.1, 0.15) is 5.84 Å². The second-order valence-electron chi connectivity index (χ2n) is 9.37. The van der Waals surface area contributed by atoms with E-state index in [0.29, 0.717) is 31.1 Å². The Bertz CT molecular complexity index is 1120. The van der Waals surface area contributed by atoms with Gasteiger partial charge in [0.05, 0.1) is 30.5 Å². The minimum absolute atomic E-state index is 0.0465. The molecule has 3 unspecified atom stereocenters. The molecule has 1 N–H and O–H groups in total. The number of amides is 1. The zero-order valence-corrected chi connectivity index (χ0v) is 19.7. The van der Waals surface area contributed by atoms with Crippen molar-refractivity contribution in [2.24, 2.45) is 21.8 Å². The van der Waals surface area contributed by atoms with Gasteiger partial charge in [-0.05, 0) is 36.5 Å². The van der Waals surface area contributed by atoms with Crippen LogP contribution in [0, 0.1) is 11.8 Å². The highest BCUT2D eigenvalue weighted by Gasteiger charge is 2.37. The summed E-state index contributed by atoms with van der Waals surface area (Å²) in [7, 11) is 1.64. The van der Waals surface area contributed by atoms with Crippen LogP contribution in [0.5, 0.6) is 5.88 Å². The number of ether oxygens (including phenoxy) is 1. The van der Waals surface area contributed by atoms with E-state index in [9.17, 15) is 9.90 Å². The third-order valence-corrected chi connectivity index (χ3v) is 7.18. The molecule has 8 nitrogen and oxygen atoms in total. The van der Waals surface area contributed by atoms with Gasteiger partial charge in [-0.15, -0.1) is 0 Å². The number of aliphatic hydroxyl groups excluding tert-OH is 1. The lowest BCUT2D eigenvalue weighted by Crippen LogP contribution is -2.54. The van der Waals surface area contributed by atoms with Crippen molar-refractivity contribution in [2.45, 2.75) is 31.9 Å². The summed E-state index contributed by atoms with van der Waals surface area (Å²) < 4.78 is 5.60. The molecule has 5 rings (SSSR count). The molecule has 4 aliphatic heterocycles. The van der Waals surface area contributed by atoms with E-state index in [2.05, 4.69) is 46.6 Å². The summed E-state index contributed by atoms with van der Waals surface area (Å²) in [6.45, 7) is 8.23. The smallest absolute Gasteiger partial charge is 0.257 e. The standard InChI is InChI=1S/C26H31N5O3/c1-4-17-10-19(25(34-3)28-11-17)22-6-5-9-31(22)23-8-7-16(2)20-12-27-13-21(24(20)29-23)26(33)30-14-18(32)15-30/h4,7-8,10-11,13,16,18,20,22,32H,1,5-6,9,12,14-15H2,2-3H3. The third kappa shape index (κ3) is 3.96. The van der Waals surface area contributed by atoms with Crippen molar-refractivity contribution >= 4 is 24.0 Å². The number of nitrogens with zero attached hydrogens (tertiary/aromatic N) is 5. The van der Waals surface area contributed by atoms with E-state index in [-0.39, 0.29) is 23.8 Å². The van der Waals surface area contributed by atoms with Crippen LogP contribution in [-0.2, 0) is 4.79 Å². The van der Waals surface area contributed by atoms with Gasteiger partial charge in [-0.3, -0.25) is 9.79 Å². The number of fused-ring (bicyclic) bond motifs is 1. The van der Waals surface area contributed by atoms with Gasteiger partial charge >= 0.3 is 0 Å². The second kappa shape index (κ2) is 9.18. The zero-order chi connectivity index (χ0) is 23.8. The number of aliphatic hydroxyl groups is 1. The molecule has 34 heavy (non-hydrogen) atoms. The van der Waals surface area contributed by atoms with Crippen molar-refractivity contribution in [2.75, 3.05) is 33.3 Å². The van der Waals surface area contributed by atoms with E-state index in [1.807, 2.05) is 0 Å². The average molecular weight is 462 g/mol. The number of aromatic nitrogens is 1. The van der Waals surface area contributed by atoms with Crippen molar-refractivity contribution < 1.29 is 14.6 Å². The Labute approximate surface area is 200 Å². The van der Waals surface area contributed by atoms with E-state index in [4.69, 9.17) is 9.73 Å². The van der Waals surface area contributed by atoms with E-state index >= 15 is 0 Å². The Morgan fingerprint density at radius 2 is 2.18 bits per heavy atom. The van der Waals surface area contributed by atoms with Crippen molar-refractivity contribution in [1.82, 2.24) is 14.8 Å². The molecular weight excluding hydrogens is 430 g/mol. The fourth-order valence-corrected chi connectivity index (χ4v) is 5.19. The molecule has 0 radical (unpaired) electrons. The van der Waals surface area contributed by atoms with Gasteiger partial charge in [0.25, 0.3) is 5.91 Å². The monoisotopic (exact) mass is 461 g/mol. The number of methoxy groups -OCH3 is 1. The van der Waals surface area contributed by atoms with E-state index < -0.39 is 6.10 Å². The number of amidine groups is 1. The summed E-state index contributed by atoms with van der Waals surface area (Å²) in [4.78, 5) is 31.3. The number of rotatable bonds is 4. The summed E-state index contributed by atoms with van der Waals surface area (Å²) in [6.07, 6.45) is 11.0. The van der Waals surface area contributed by atoms with Gasteiger partial charge in [0.2, 0.25) is 5.88 Å². The van der Waals surface area contributed by atoms with Gasteiger partial charge in [-0.1, -0.05) is 25.7 Å². The number of allylic oxidation sites excluding steroid dienone is 1. The number of carbonyl (C=O) groups excluding carboxylic acids is 1. The highest BCUT2D eigenvalue weighted by molar-refractivity contribution is 6.14. The van der Waals surface area contributed by atoms with Gasteiger partial charge < -0.3 is 19.6 Å². The highest BCUT2D eigenvalue weighted by atomic mass is 16.5. The largest absolute Gasteiger partial charge is 0.481 e. The number of likely N-dealkylation sites (tertiary alicyclic amines) is 2. The Morgan fingerprint density at radius 1 is 1.35 bits per heavy atom. The first-order valence-electron chi connectivity index (χ1n) is 11.9. The number of aliphatic imine (C=N–C) groups is 2. The minimum atomic E-state index is -0.445. The van der Waals surface area contributed by atoms with E-state index in [1.165, 1.54) is 0 Å². The van der Waals surface area contributed by atoms with Crippen LogP contribution in [0.25, 0.3) is 6.08 Å². The fraction of sp³-hybridized carbons (Fsp3) is 0.462. The molecule has 2 fully saturated rings. The van der Waals surface area contributed by atoms with Crippen LogP contribution in [-0.4, -0.2) is 77.2 Å². The number of dihydropyridines is 1. The van der Waals surface area contributed by atoms with Gasteiger partial charge in [-0.25, -0.2) is 9.98 Å². The average Bonchev–Trinajstić information content (AvgIpc) is 3.26. The van der Waals surface area contributed by atoms with Crippen molar-refractivity contribution in [3.05, 3.63) is 53.4 Å². The molecule has 1 aromatic rings. The second-order valence-corrected chi connectivity index (χ2v) is 9.37. The van der Waals surface area contributed by atoms with Crippen LogP contribution in [0.2, 0.25) is 0 Å². The first-order chi connectivity index (χ1) is 16.5. The number of carbonyl (C=O) groups is 1. The molecule has 5 heterocycles. The van der Waals surface area contributed by atoms with Crippen molar-refractivity contribution in [1.29, 1.82) is 0 Å². The predicted octanol–water partition coefficient (Wildman–Crippen LogP) is 2.63. The molecule has 0 bridgehead atoms. The molecule has 1 aromatic heterocycles. The van der Waals surface area contributed by atoms with Crippen LogP contribution in [0.1, 0.15) is 36.9 Å². The van der Waals surface area contributed by atoms with Gasteiger partial charge in [0, 0.05) is 50.1 Å². The van der Waals surface area contributed by atoms with Gasteiger partial charge in [0.15, 0.2) is 0 Å². The summed E-state index contributed by atoms with van der Waals surface area (Å²) in [5.74, 6) is 1.60. The van der Waals surface area contributed by atoms with Crippen molar-refractivity contribution in [3.8, 4) is 5.88 Å². The van der Waals surface area contributed by atoms with Crippen molar-refractivity contribution in [3.63, 3.8) is 0 Å². The Kier molecular flexibility index (Phi) is 6.08. The molecule has 2 saturated heterocycles. The molecule has 8 heteroatoms. The summed E-state index contributed by atoms with van der Waals surface area (Å²) in [6, 6.07) is 2.16. The molecular formula is C26H31N5O3. The van der Waals surface area contributed by atoms with Crippen LogP contribution in [0.4, 0.5) is 0 Å². The highest BCUT2D eigenvalue weighted by Crippen LogP contribution is 2.39. The lowest BCUT2D eigenvalue weighted by molar-refractivity contribution is -0.136. The molecule has 0 aliphatic carbocycles. The molecule has 0 spiro atoms. The fourth-order valence-electron chi connectivity index (χ4n) is 5.19. The van der Waals surface area contributed by atoms with E-state index in [1.54, 1.807) is 30.5 Å². The number of hydrogen-bond acceptors (Lipinski definition) is 7. The molecule has 1 amide bonds. The lowest BCUT2D eigenvalue weighted by Gasteiger charge is -2.37. The van der Waals surface area contributed by atoms with Crippen LogP contribution < -0.4 is 4.74 Å².